The monoisotopic (exact) mass is 339 g/mol. The van der Waals surface area contributed by atoms with Gasteiger partial charge >= 0.3 is 5.97 Å². The van der Waals surface area contributed by atoms with Gasteiger partial charge in [-0.2, -0.15) is 0 Å². The van der Waals surface area contributed by atoms with Gasteiger partial charge in [-0.15, -0.1) is 0 Å². The molecule has 0 aromatic heterocycles. The fraction of sp³-hybridized carbons (Fsp3) is 0.529. The highest BCUT2D eigenvalue weighted by Crippen LogP contribution is 2.30. The van der Waals surface area contributed by atoms with E-state index >= 15 is 0 Å². The van der Waals surface area contributed by atoms with Crippen molar-refractivity contribution in [3.63, 3.8) is 0 Å². The Morgan fingerprint density at radius 3 is 2.48 bits per heavy atom. The van der Waals surface area contributed by atoms with E-state index in [1.54, 1.807) is 0 Å². The van der Waals surface area contributed by atoms with Crippen LogP contribution in [0.1, 0.15) is 31.2 Å². The van der Waals surface area contributed by atoms with Crippen molar-refractivity contribution >= 4 is 23.5 Å². The van der Waals surface area contributed by atoms with Crippen LogP contribution < -0.4 is 5.32 Å². The van der Waals surface area contributed by atoms with Crippen LogP contribution in [0.15, 0.2) is 24.3 Å². The fourth-order valence-corrected chi connectivity index (χ4v) is 2.81. The topological polar surface area (TPSA) is 75.6 Å². The van der Waals surface area contributed by atoms with Crippen molar-refractivity contribution < 1.29 is 19.4 Å². The normalized spacial score (nSPS) is 16.7. The van der Waals surface area contributed by atoms with Gasteiger partial charge < -0.3 is 15.2 Å². The summed E-state index contributed by atoms with van der Waals surface area (Å²) in [5.41, 5.74) is 0.248. The number of benzene rings is 1. The second-order valence-corrected chi connectivity index (χ2v) is 6.39. The smallest absolute Gasteiger partial charge is 0.311 e. The van der Waals surface area contributed by atoms with Crippen molar-refractivity contribution in [2.45, 2.75) is 32.1 Å². The van der Waals surface area contributed by atoms with Gasteiger partial charge in [-0.1, -0.05) is 23.7 Å². The van der Waals surface area contributed by atoms with E-state index in [0.29, 0.717) is 37.5 Å². The van der Waals surface area contributed by atoms with Gasteiger partial charge in [0.25, 0.3) is 0 Å². The average molecular weight is 340 g/mol. The number of carboxylic acids is 1. The van der Waals surface area contributed by atoms with Crippen LogP contribution in [0.5, 0.6) is 0 Å². The zero-order chi connectivity index (χ0) is 16.7. The van der Waals surface area contributed by atoms with E-state index < -0.39 is 11.4 Å². The summed E-state index contributed by atoms with van der Waals surface area (Å²) < 4.78 is 5.22. The number of ether oxygens (including phenoxy) is 1. The minimum Gasteiger partial charge on any atom is -0.481 e. The molecule has 1 aromatic rings. The summed E-state index contributed by atoms with van der Waals surface area (Å²) in [6.45, 7) is 1.03. The van der Waals surface area contributed by atoms with E-state index in [4.69, 9.17) is 16.3 Å². The summed E-state index contributed by atoms with van der Waals surface area (Å²) in [6.07, 6.45) is 2.77. The van der Waals surface area contributed by atoms with Gasteiger partial charge in [0.05, 0.1) is 5.41 Å². The molecule has 1 aliphatic rings. The van der Waals surface area contributed by atoms with Crippen molar-refractivity contribution in [2.75, 3.05) is 19.8 Å². The van der Waals surface area contributed by atoms with E-state index in [1.807, 2.05) is 24.3 Å². The molecule has 0 unspecified atom stereocenters. The Labute approximate surface area is 141 Å². The molecule has 1 amide bonds. The maximum atomic E-state index is 11.9. The lowest BCUT2D eigenvalue weighted by atomic mass is 9.80. The first kappa shape index (κ1) is 17.8. The standard InChI is InChI=1S/C17H22ClNO4/c18-14-6-4-13(5-7-14)2-1-3-15(20)19-12-17(16(21)22)8-10-23-11-9-17/h4-7H,1-3,8-12H2,(H,19,20)(H,21,22). The van der Waals surface area contributed by atoms with E-state index in [2.05, 4.69) is 5.32 Å². The second-order valence-electron chi connectivity index (χ2n) is 5.95. The summed E-state index contributed by atoms with van der Waals surface area (Å²) >= 11 is 5.83. The first-order valence-electron chi connectivity index (χ1n) is 7.84. The highest BCUT2D eigenvalue weighted by Gasteiger charge is 2.40. The molecule has 0 atom stereocenters. The summed E-state index contributed by atoms with van der Waals surface area (Å²) in [5.74, 6) is -0.964. The molecule has 23 heavy (non-hydrogen) atoms. The van der Waals surface area contributed by atoms with Crippen LogP contribution >= 0.6 is 11.6 Å². The summed E-state index contributed by atoms with van der Waals surface area (Å²) in [4.78, 5) is 23.4. The molecule has 6 heteroatoms. The number of carbonyl (C=O) groups excluding carboxylic acids is 1. The number of rotatable bonds is 7. The summed E-state index contributed by atoms with van der Waals surface area (Å²) in [7, 11) is 0. The first-order chi connectivity index (χ1) is 11.0. The second kappa shape index (κ2) is 8.31. The van der Waals surface area contributed by atoms with Gasteiger partial charge in [0, 0.05) is 31.2 Å². The molecule has 126 valence electrons. The third-order valence-corrected chi connectivity index (χ3v) is 4.56. The van der Waals surface area contributed by atoms with Gasteiger partial charge in [-0.3, -0.25) is 9.59 Å². The predicted molar refractivity (Wildman–Crippen MR) is 87.5 cm³/mol. The largest absolute Gasteiger partial charge is 0.481 e. The maximum Gasteiger partial charge on any atom is 0.311 e. The number of hydrogen-bond acceptors (Lipinski definition) is 3. The molecule has 1 aromatic carbocycles. The number of carboxylic acid groups (broad SMARTS) is 1. The summed E-state index contributed by atoms with van der Waals surface area (Å²) in [6, 6.07) is 7.56. The number of aliphatic carboxylic acids is 1. The van der Waals surface area contributed by atoms with Crippen molar-refractivity contribution in [3.8, 4) is 0 Å². The van der Waals surface area contributed by atoms with Crippen LogP contribution in [0, 0.1) is 5.41 Å². The lowest BCUT2D eigenvalue weighted by Gasteiger charge is -2.33. The highest BCUT2D eigenvalue weighted by atomic mass is 35.5. The fourth-order valence-electron chi connectivity index (χ4n) is 2.69. The molecular formula is C17H22ClNO4. The molecule has 0 saturated carbocycles. The third kappa shape index (κ3) is 5.22. The molecule has 0 spiro atoms. The van der Waals surface area contributed by atoms with Gasteiger partial charge in [-0.05, 0) is 43.4 Å². The Balaban J connectivity index is 1.73. The molecule has 0 bridgehead atoms. The first-order valence-corrected chi connectivity index (χ1v) is 8.22. The van der Waals surface area contributed by atoms with Crippen molar-refractivity contribution in [3.05, 3.63) is 34.9 Å². The zero-order valence-electron chi connectivity index (χ0n) is 13.0. The van der Waals surface area contributed by atoms with Gasteiger partial charge in [-0.25, -0.2) is 0 Å². The third-order valence-electron chi connectivity index (χ3n) is 4.31. The molecule has 0 aliphatic carbocycles. The molecule has 1 saturated heterocycles. The van der Waals surface area contributed by atoms with Crippen LogP contribution in [-0.2, 0) is 20.7 Å². The van der Waals surface area contributed by atoms with Gasteiger partial charge in [0.2, 0.25) is 5.91 Å². The lowest BCUT2D eigenvalue weighted by Crippen LogP contribution is -2.46. The lowest BCUT2D eigenvalue weighted by molar-refractivity contribution is -0.154. The minimum absolute atomic E-state index is 0.105. The maximum absolute atomic E-state index is 11.9. The van der Waals surface area contributed by atoms with Crippen LogP contribution in [0.25, 0.3) is 0 Å². The zero-order valence-corrected chi connectivity index (χ0v) is 13.8. The number of amides is 1. The van der Waals surface area contributed by atoms with Crippen LogP contribution in [0.2, 0.25) is 5.02 Å². The Bertz CT molecular complexity index is 538. The van der Waals surface area contributed by atoms with Crippen molar-refractivity contribution in [1.82, 2.24) is 5.32 Å². The van der Waals surface area contributed by atoms with E-state index in [9.17, 15) is 14.7 Å². The van der Waals surface area contributed by atoms with E-state index in [1.165, 1.54) is 0 Å². The number of carbonyl (C=O) groups is 2. The van der Waals surface area contributed by atoms with Gasteiger partial charge in [0.15, 0.2) is 0 Å². The molecule has 1 aliphatic heterocycles. The molecule has 2 N–H and O–H groups in total. The molecule has 1 heterocycles. The Morgan fingerprint density at radius 2 is 1.87 bits per heavy atom. The Hall–Kier alpha value is -1.59. The average Bonchev–Trinajstić information content (AvgIpc) is 2.55. The molecule has 5 nitrogen and oxygen atoms in total. The van der Waals surface area contributed by atoms with E-state index in [-0.39, 0.29) is 12.5 Å². The molecule has 0 radical (unpaired) electrons. The number of halogens is 1. The molecule has 1 fully saturated rings. The van der Waals surface area contributed by atoms with Crippen LogP contribution in [0.4, 0.5) is 0 Å². The Morgan fingerprint density at radius 1 is 1.22 bits per heavy atom. The number of nitrogens with one attached hydrogen (secondary N) is 1. The van der Waals surface area contributed by atoms with Crippen molar-refractivity contribution in [2.24, 2.45) is 5.41 Å². The SMILES string of the molecule is O=C(CCCc1ccc(Cl)cc1)NCC1(C(=O)O)CCOCC1. The minimum atomic E-state index is -0.885. The van der Waals surface area contributed by atoms with Crippen molar-refractivity contribution in [1.29, 1.82) is 0 Å². The number of aryl methyl sites for hydroxylation is 1. The van der Waals surface area contributed by atoms with E-state index in [0.717, 1.165) is 18.4 Å². The predicted octanol–water partition coefficient (Wildman–Crippen LogP) is 2.66. The molecular weight excluding hydrogens is 318 g/mol. The summed E-state index contributed by atoms with van der Waals surface area (Å²) in [5, 5.41) is 12.9. The quantitative estimate of drug-likeness (QED) is 0.800. The van der Waals surface area contributed by atoms with Gasteiger partial charge in [0.1, 0.15) is 0 Å². The highest BCUT2D eigenvalue weighted by molar-refractivity contribution is 6.30. The number of hydrogen-bond donors (Lipinski definition) is 2. The van der Waals surface area contributed by atoms with Crippen LogP contribution in [-0.4, -0.2) is 36.7 Å². The molecule has 2 rings (SSSR count). The Kier molecular flexibility index (Phi) is 6.42. The van der Waals surface area contributed by atoms with Crippen LogP contribution in [0.3, 0.4) is 0 Å².